The Balaban J connectivity index is 3.87. The Bertz CT molecular complexity index is 470. The van der Waals surface area contributed by atoms with Crippen LogP contribution in [-0.4, -0.2) is 5.78 Å². The smallest absolute Gasteiger partial charge is 0.194 e. The van der Waals surface area contributed by atoms with Crippen LogP contribution >= 0.6 is 0 Å². The van der Waals surface area contributed by atoms with Crippen LogP contribution in [0.2, 0.25) is 0 Å². The number of allylic oxidation sites excluding steroid dienone is 8. The molecule has 1 nitrogen and oxygen atoms in total. The van der Waals surface area contributed by atoms with E-state index in [0.29, 0.717) is 0 Å². The average Bonchev–Trinajstić information content (AvgIpc) is 2.51. The molecule has 1 aliphatic rings. The minimum absolute atomic E-state index is 0.197. The highest BCUT2D eigenvalue weighted by Gasteiger charge is 2.35. The van der Waals surface area contributed by atoms with Crippen molar-refractivity contribution in [2.24, 2.45) is 0 Å². The van der Waals surface area contributed by atoms with Crippen molar-refractivity contribution >= 4 is 5.78 Å². The van der Waals surface area contributed by atoms with Crippen molar-refractivity contribution in [1.29, 1.82) is 0 Å². The average molecular weight is 244 g/mol. The Morgan fingerprint density at radius 3 is 0.889 bits per heavy atom. The fraction of sp³-hybridized carbons (Fsp3) is 0.471. The van der Waals surface area contributed by atoms with Gasteiger partial charge in [0.05, 0.1) is 0 Å². The summed E-state index contributed by atoms with van der Waals surface area (Å²) in [6, 6.07) is 0. The van der Waals surface area contributed by atoms with Gasteiger partial charge in [0.25, 0.3) is 0 Å². The zero-order valence-corrected chi connectivity index (χ0v) is 12.9. The summed E-state index contributed by atoms with van der Waals surface area (Å²) in [6.45, 7) is 16.4. The number of rotatable bonds is 0. The van der Waals surface area contributed by atoms with E-state index < -0.39 is 0 Å². The molecule has 0 N–H and O–H groups in total. The first-order valence-corrected chi connectivity index (χ1v) is 6.45. The molecule has 1 aliphatic carbocycles. The van der Waals surface area contributed by atoms with E-state index in [1.807, 2.05) is 27.7 Å². The molecule has 18 heavy (non-hydrogen) atoms. The van der Waals surface area contributed by atoms with E-state index in [9.17, 15) is 4.79 Å². The van der Waals surface area contributed by atoms with Crippen molar-refractivity contribution < 1.29 is 4.79 Å². The van der Waals surface area contributed by atoms with E-state index in [-0.39, 0.29) is 5.78 Å². The molecule has 0 aliphatic heterocycles. The highest BCUT2D eigenvalue weighted by molar-refractivity contribution is 6.21. The predicted octanol–water partition coefficient (Wildman–Crippen LogP) is 4.91. The molecule has 0 radical (unpaired) electrons. The number of hydrogen-bond acceptors (Lipinski definition) is 1. The molecule has 0 aromatic carbocycles. The van der Waals surface area contributed by atoms with Gasteiger partial charge in [-0.1, -0.05) is 22.3 Å². The Labute approximate surface area is 111 Å². The third-order valence-corrected chi connectivity index (χ3v) is 3.20. The van der Waals surface area contributed by atoms with Crippen LogP contribution in [0.3, 0.4) is 0 Å². The van der Waals surface area contributed by atoms with Crippen LogP contribution < -0.4 is 0 Å². The maximum Gasteiger partial charge on any atom is 0.194 e. The van der Waals surface area contributed by atoms with Crippen molar-refractivity contribution in [3.8, 4) is 0 Å². The summed E-state index contributed by atoms with van der Waals surface area (Å²) in [5.41, 5.74) is 8.74. The fourth-order valence-corrected chi connectivity index (χ4v) is 2.56. The van der Waals surface area contributed by atoms with Gasteiger partial charge in [-0.2, -0.15) is 0 Å². The SMILES string of the molecule is CC(C)=C1C(=O)C(=C(C)C)C(=C(C)C)C1=C(C)C. The lowest BCUT2D eigenvalue weighted by Crippen LogP contribution is -2.00. The van der Waals surface area contributed by atoms with E-state index in [4.69, 9.17) is 0 Å². The fourth-order valence-electron chi connectivity index (χ4n) is 2.56. The largest absolute Gasteiger partial charge is 0.289 e. The van der Waals surface area contributed by atoms with Crippen molar-refractivity contribution in [3.63, 3.8) is 0 Å². The van der Waals surface area contributed by atoms with Gasteiger partial charge in [0.1, 0.15) is 0 Å². The summed E-state index contributed by atoms with van der Waals surface area (Å²) in [4.78, 5) is 12.6. The molecule has 0 unspecified atom stereocenters. The number of carbonyl (C=O) groups excluding carboxylic acids is 1. The van der Waals surface area contributed by atoms with Gasteiger partial charge >= 0.3 is 0 Å². The maximum absolute atomic E-state index is 12.6. The first kappa shape index (κ1) is 14.7. The molecule has 1 fully saturated rings. The first-order valence-electron chi connectivity index (χ1n) is 6.45. The van der Waals surface area contributed by atoms with Crippen molar-refractivity contribution in [2.45, 2.75) is 55.4 Å². The molecule has 0 spiro atoms. The number of hydrogen-bond donors (Lipinski definition) is 0. The zero-order valence-electron chi connectivity index (χ0n) is 12.9. The maximum atomic E-state index is 12.6. The monoisotopic (exact) mass is 244 g/mol. The van der Waals surface area contributed by atoms with Gasteiger partial charge < -0.3 is 0 Å². The predicted molar refractivity (Wildman–Crippen MR) is 78.5 cm³/mol. The van der Waals surface area contributed by atoms with Gasteiger partial charge in [-0.3, -0.25) is 4.79 Å². The number of ketones is 1. The molecular weight excluding hydrogens is 220 g/mol. The molecule has 0 amide bonds. The molecule has 0 saturated heterocycles. The van der Waals surface area contributed by atoms with Gasteiger partial charge in [-0.15, -0.1) is 0 Å². The lowest BCUT2D eigenvalue weighted by molar-refractivity contribution is -0.111. The minimum Gasteiger partial charge on any atom is -0.289 e. The van der Waals surface area contributed by atoms with Crippen LogP contribution in [-0.2, 0) is 4.79 Å². The van der Waals surface area contributed by atoms with Gasteiger partial charge in [-0.25, -0.2) is 0 Å². The molecule has 0 aromatic heterocycles. The molecule has 98 valence electrons. The second kappa shape index (κ2) is 5.09. The third kappa shape index (κ3) is 2.27. The Hall–Kier alpha value is -1.37. The lowest BCUT2D eigenvalue weighted by atomic mass is 9.94. The first-order chi connectivity index (χ1) is 8.20. The summed E-state index contributed by atoms with van der Waals surface area (Å²) in [5.74, 6) is 0.197. The van der Waals surface area contributed by atoms with Crippen LogP contribution in [0.25, 0.3) is 0 Å². The molecule has 0 heterocycles. The van der Waals surface area contributed by atoms with Gasteiger partial charge in [0, 0.05) is 11.1 Å². The van der Waals surface area contributed by atoms with E-state index in [2.05, 4.69) is 27.7 Å². The molecule has 0 atom stereocenters. The molecule has 1 rings (SSSR count). The topological polar surface area (TPSA) is 17.1 Å². The third-order valence-electron chi connectivity index (χ3n) is 3.20. The van der Waals surface area contributed by atoms with E-state index in [1.54, 1.807) is 0 Å². The molecular formula is C17H24O. The van der Waals surface area contributed by atoms with E-state index in [0.717, 1.165) is 33.4 Å². The number of Topliss-reactive ketones (excluding diaryl/α,β-unsaturated/α-hetero) is 1. The standard InChI is InChI=1S/C17H24O/c1-9(2)13-14(10(3)4)16(12(7)8)17(18)15(13)11(5)6/h1-8H3. The Kier molecular flexibility index (Phi) is 4.16. The van der Waals surface area contributed by atoms with Crippen molar-refractivity contribution in [2.75, 3.05) is 0 Å². The molecule has 1 saturated carbocycles. The van der Waals surface area contributed by atoms with Crippen LogP contribution in [0.15, 0.2) is 44.6 Å². The Morgan fingerprint density at radius 2 is 0.722 bits per heavy atom. The molecule has 0 bridgehead atoms. The number of carbonyl (C=O) groups is 1. The van der Waals surface area contributed by atoms with E-state index in [1.165, 1.54) is 11.1 Å². The van der Waals surface area contributed by atoms with Crippen LogP contribution in [0, 0.1) is 0 Å². The zero-order chi connectivity index (χ0) is 14.2. The summed E-state index contributed by atoms with van der Waals surface area (Å²) in [6.07, 6.45) is 0. The van der Waals surface area contributed by atoms with Gasteiger partial charge in [0.2, 0.25) is 0 Å². The van der Waals surface area contributed by atoms with Crippen LogP contribution in [0.1, 0.15) is 55.4 Å². The normalized spacial score (nSPS) is 15.4. The highest BCUT2D eigenvalue weighted by Crippen LogP contribution is 2.43. The Morgan fingerprint density at radius 1 is 0.500 bits per heavy atom. The summed E-state index contributed by atoms with van der Waals surface area (Å²) < 4.78 is 0. The quantitative estimate of drug-likeness (QED) is 0.553. The molecule has 0 aromatic rings. The van der Waals surface area contributed by atoms with Gasteiger partial charge in [-0.05, 0) is 66.5 Å². The lowest BCUT2D eigenvalue weighted by Gasteiger charge is -2.09. The highest BCUT2D eigenvalue weighted by atomic mass is 16.1. The van der Waals surface area contributed by atoms with Crippen molar-refractivity contribution in [1.82, 2.24) is 0 Å². The van der Waals surface area contributed by atoms with Crippen LogP contribution in [0.4, 0.5) is 0 Å². The summed E-state index contributed by atoms with van der Waals surface area (Å²) in [5, 5.41) is 0. The second-order valence-corrected chi connectivity index (χ2v) is 5.83. The second-order valence-electron chi connectivity index (χ2n) is 5.83. The van der Waals surface area contributed by atoms with E-state index >= 15 is 0 Å². The summed E-state index contributed by atoms with van der Waals surface area (Å²) >= 11 is 0. The van der Waals surface area contributed by atoms with Gasteiger partial charge in [0.15, 0.2) is 5.78 Å². The molecule has 1 heteroatoms. The van der Waals surface area contributed by atoms with Crippen molar-refractivity contribution in [3.05, 3.63) is 44.6 Å². The van der Waals surface area contributed by atoms with Crippen LogP contribution in [0.5, 0.6) is 0 Å². The minimum atomic E-state index is 0.197. The summed E-state index contributed by atoms with van der Waals surface area (Å²) in [7, 11) is 0.